The zero-order valence-electron chi connectivity index (χ0n) is 15.8. The van der Waals surface area contributed by atoms with Crippen molar-refractivity contribution in [2.24, 2.45) is 0 Å². The van der Waals surface area contributed by atoms with E-state index >= 15 is 0 Å². The number of esters is 1. The minimum absolute atomic E-state index is 0.208. The Balaban J connectivity index is 1.37. The van der Waals surface area contributed by atoms with Crippen molar-refractivity contribution in [3.8, 4) is 0 Å². The van der Waals surface area contributed by atoms with Gasteiger partial charge in [0.15, 0.2) is 0 Å². The Morgan fingerprint density at radius 2 is 1.96 bits per heavy atom. The number of carbonyl (C=O) groups is 2. The fraction of sp³-hybridized carbons (Fsp3) is 0.429. The summed E-state index contributed by atoms with van der Waals surface area (Å²) in [5, 5.41) is 17.9. The van der Waals surface area contributed by atoms with Gasteiger partial charge in [0, 0.05) is 18.7 Å². The fourth-order valence-corrected chi connectivity index (χ4v) is 3.97. The number of nitrogens with zero attached hydrogens (tertiary/aromatic N) is 1. The molecule has 0 spiro atoms. The maximum Gasteiger partial charge on any atom is 0.326 e. The minimum atomic E-state index is -0.712. The van der Waals surface area contributed by atoms with Gasteiger partial charge in [0.1, 0.15) is 12.1 Å². The Morgan fingerprint density at radius 3 is 2.71 bits per heavy atom. The molecule has 2 amide bonds. The number of urea groups is 1. The molecule has 2 aromatic rings. The van der Waals surface area contributed by atoms with Crippen LogP contribution in [0, 0.1) is 0 Å². The van der Waals surface area contributed by atoms with Crippen LogP contribution in [0.5, 0.6) is 0 Å². The molecule has 3 N–H and O–H groups in total. The van der Waals surface area contributed by atoms with Crippen LogP contribution in [0.2, 0.25) is 0 Å². The third-order valence-corrected chi connectivity index (χ3v) is 5.66. The normalized spacial score (nSPS) is 27.1. The van der Waals surface area contributed by atoms with Crippen LogP contribution in [0.1, 0.15) is 19.8 Å². The van der Waals surface area contributed by atoms with E-state index < -0.39 is 18.1 Å². The summed E-state index contributed by atoms with van der Waals surface area (Å²) in [5.41, 5.74) is 0.731. The maximum atomic E-state index is 12.7. The number of amides is 2. The van der Waals surface area contributed by atoms with Gasteiger partial charge in [-0.05, 0) is 42.8 Å². The summed E-state index contributed by atoms with van der Waals surface area (Å²) in [6.45, 7) is 2.99. The highest BCUT2D eigenvalue weighted by Gasteiger charge is 2.39. The number of benzene rings is 2. The SMILES string of the molecule is C[C@@H]1C(OC(=O)[C@H]2NCCC2O)CCN1C(=O)Nc1ccc2ccccc2c1. The van der Waals surface area contributed by atoms with E-state index in [0.717, 1.165) is 16.5 Å². The Labute approximate surface area is 163 Å². The number of rotatable bonds is 3. The number of aliphatic hydroxyl groups is 1. The van der Waals surface area contributed by atoms with Crippen molar-refractivity contribution in [3.63, 3.8) is 0 Å². The van der Waals surface area contributed by atoms with Crippen LogP contribution < -0.4 is 10.6 Å². The third-order valence-electron chi connectivity index (χ3n) is 5.66. The fourth-order valence-electron chi connectivity index (χ4n) is 3.97. The lowest BCUT2D eigenvalue weighted by molar-refractivity contribution is -0.154. The highest BCUT2D eigenvalue weighted by atomic mass is 16.5. The van der Waals surface area contributed by atoms with E-state index in [9.17, 15) is 14.7 Å². The summed E-state index contributed by atoms with van der Waals surface area (Å²) in [5.74, 6) is -0.446. The molecule has 2 aliphatic heterocycles. The lowest BCUT2D eigenvalue weighted by Crippen LogP contribution is -2.45. The summed E-state index contributed by atoms with van der Waals surface area (Å²) < 4.78 is 5.58. The van der Waals surface area contributed by atoms with Gasteiger partial charge in [0.05, 0.1) is 12.1 Å². The second-order valence-electron chi connectivity index (χ2n) is 7.48. The van der Waals surface area contributed by atoms with Crippen molar-refractivity contribution in [2.75, 3.05) is 18.4 Å². The molecular weight excluding hydrogens is 358 g/mol. The van der Waals surface area contributed by atoms with E-state index in [1.54, 1.807) is 4.90 Å². The van der Waals surface area contributed by atoms with Gasteiger partial charge in [-0.2, -0.15) is 0 Å². The number of hydrogen-bond acceptors (Lipinski definition) is 5. The molecule has 4 rings (SSSR count). The van der Waals surface area contributed by atoms with Crippen LogP contribution in [0.4, 0.5) is 10.5 Å². The first kappa shape index (κ1) is 18.7. The summed E-state index contributed by atoms with van der Waals surface area (Å²) in [6.07, 6.45) is 0.0437. The Hall–Kier alpha value is -2.64. The Morgan fingerprint density at radius 1 is 1.18 bits per heavy atom. The summed E-state index contributed by atoms with van der Waals surface area (Å²) in [6, 6.07) is 12.7. The number of carbonyl (C=O) groups excluding carboxylic acids is 2. The Bertz CT molecular complexity index is 887. The maximum absolute atomic E-state index is 12.7. The number of anilines is 1. The summed E-state index contributed by atoms with van der Waals surface area (Å²) in [4.78, 5) is 26.7. The Kier molecular flexibility index (Phi) is 5.19. The van der Waals surface area contributed by atoms with Crippen molar-refractivity contribution in [1.82, 2.24) is 10.2 Å². The lowest BCUT2D eigenvalue weighted by Gasteiger charge is -2.26. The largest absolute Gasteiger partial charge is 0.459 e. The van der Waals surface area contributed by atoms with Gasteiger partial charge in [-0.25, -0.2) is 4.79 Å². The standard InChI is InChI=1S/C21H25N3O4/c1-13-18(28-20(26)19-17(25)8-10-22-19)9-11-24(13)21(27)23-16-7-6-14-4-2-3-5-15(14)12-16/h2-7,12-13,17-19,22,25H,8-11H2,1H3,(H,23,27)/t13-,17?,18?,19+/m1/s1. The number of hydrogen-bond donors (Lipinski definition) is 3. The zero-order chi connectivity index (χ0) is 19.7. The van der Waals surface area contributed by atoms with Crippen LogP contribution in [-0.4, -0.2) is 59.4 Å². The van der Waals surface area contributed by atoms with Crippen LogP contribution >= 0.6 is 0 Å². The molecule has 0 aromatic heterocycles. The predicted molar refractivity (Wildman–Crippen MR) is 106 cm³/mol. The topological polar surface area (TPSA) is 90.9 Å². The second-order valence-corrected chi connectivity index (χ2v) is 7.48. The van der Waals surface area contributed by atoms with Gasteiger partial charge in [0.25, 0.3) is 0 Å². The summed E-state index contributed by atoms with van der Waals surface area (Å²) >= 11 is 0. The first-order valence-electron chi connectivity index (χ1n) is 9.71. The molecule has 148 valence electrons. The van der Waals surface area contributed by atoms with E-state index in [-0.39, 0.29) is 18.2 Å². The molecule has 2 aromatic carbocycles. The molecule has 0 bridgehead atoms. The van der Waals surface area contributed by atoms with Crippen LogP contribution in [-0.2, 0) is 9.53 Å². The van der Waals surface area contributed by atoms with Crippen molar-refractivity contribution in [2.45, 2.75) is 44.1 Å². The summed E-state index contributed by atoms with van der Waals surface area (Å²) in [7, 11) is 0. The predicted octanol–water partition coefficient (Wildman–Crippen LogP) is 2.10. The third kappa shape index (κ3) is 3.68. The molecule has 2 fully saturated rings. The molecule has 0 radical (unpaired) electrons. The quantitative estimate of drug-likeness (QED) is 0.706. The number of likely N-dealkylation sites (tertiary alicyclic amines) is 1. The van der Waals surface area contributed by atoms with Crippen molar-refractivity contribution < 1.29 is 19.4 Å². The number of aliphatic hydroxyl groups excluding tert-OH is 1. The highest BCUT2D eigenvalue weighted by molar-refractivity contribution is 5.93. The molecule has 4 atom stereocenters. The van der Waals surface area contributed by atoms with Gasteiger partial charge in [0.2, 0.25) is 0 Å². The first-order chi connectivity index (χ1) is 13.5. The molecule has 28 heavy (non-hydrogen) atoms. The van der Waals surface area contributed by atoms with Crippen LogP contribution in [0.15, 0.2) is 42.5 Å². The average molecular weight is 383 g/mol. The molecule has 0 aliphatic carbocycles. The van der Waals surface area contributed by atoms with E-state index in [1.165, 1.54) is 0 Å². The number of fused-ring (bicyclic) bond motifs is 1. The first-order valence-corrected chi connectivity index (χ1v) is 9.71. The molecule has 2 unspecified atom stereocenters. The van der Waals surface area contributed by atoms with Crippen LogP contribution in [0.3, 0.4) is 0 Å². The highest BCUT2D eigenvalue weighted by Crippen LogP contribution is 2.24. The molecule has 7 heteroatoms. The van der Waals surface area contributed by atoms with Gasteiger partial charge in [-0.1, -0.05) is 30.3 Å². The van der Waals surface area contributed by atoms with Crippen LogP contribution in [0.25, 0.3) is 10.8 Å². The average Bonchev–Trinajstić information content (AvgIpc) is 3.27. The van der Waals surface area contributed by atoms with Gasteiger partial charge in [-0.15, -0.1) is 0 Å². The molecule has 0 saturated carbocycles. The molecular formula is C21H25N3O4. The zero-order valence-corrected chi connectivity index (χ0v) is 15.8. The lowest BCUT2D eigenvalue weighted by atomic mass is 10.1. The van der Waals surface area contributed by atoms with Crippen molar-refractivity contribution >= 4 is 28.5 Å². The molecule has 7 nitrogen and oxygen atoms in total. The van der Waals surface area contributed by atoms with Crippen molar-refractivity contribution in [1.29, 1.82) is 0 Å². The van der Waals surface area contributed by atoms with Gasteiger partial charge >= 0.3 is 12.0 Å². The number of ether oxygens (including phenoxy) is 1. The smallest absolute Gasteiger partial charge is 0.326 e. The second kappa shape index (κ2) is 7.77. The minimum Gasteiger partial charge on any atom is -0.459 e. The van der Waals surface area contributed by atoms with E-state index in [1.807, 2.05) is 49.4 Å². The van der Waals surface area contributed by atoms with E-state index in [0.29, 0.717) is 25.9 Å². The molecule has 2 saturated heterocycles. The number of nitrogens with one attached hydrogen (secondary N) is 2. The van der Waals surface area contributed by atoms with Gasteiger partial charge in [-0.3, -0.25) is 4.79 Å². The molecule has 2 heterocycles. The molecule has 2 aliphatic rings. The monoisotopic (exact) mass is 383 g/mol. The van der Waals surface area contributed by atoms with E-state index in [4.69, 9.17) is 4.74 Å². The van der Waals surface area contributed by atoms with E-state index in [2.05, 4.69) is 10.6 Å². The van der Waals surface area contributed by atoms with Crippen molar-refractivity contribution in [3.05, 3.63) is 42.5 Å². The van der Waals surface area contributed by atoms with Gasteiger partial charge < -0.3 is 25.4 Å².